The van der Waals surface area contributed by atoms with Crippen molar-refractivity contribution >= 4 is 18.3 Å². The van der Waals surface area contributed by atoms with Gasteiger partial charge in [0, 0.05) is 7.05 Å². The van der Waals surface area contributed by atoms with Crippen LogP contribution >= 0.6 is 0 Å². The van der Waals surface area contributed by atoms with Crippen molar-refractivity contribution < 1.29 is 23.9 Å². The molecule has 0 radical (unpaired) electrons. The first kappa shape index (κ1) is 18.7. The molecule has 0 aliphatic rings. The zero-order valence-corrected chi connectivity index (χ0v) is 13.9. The first-order valence-electron chi connectivity index (χ1n) is 7.33. The lowest BCUT2D eigenvalue weighted by Crippen LogP contribution is -2.41. The van der Waals surface area contributed by atoms with Gasteiger partial charge in [0.15, 0.2) is 0 Å². The Hall–Kier alpha value is -2.37. The number of hydrogen-bond donors (Lipinski definition) is 0. The Morgan fingerprint density at radius 2 is 1.83 bits per heavy atom. The number of ether oxygens (including phenoxy) is 2. The third-order valence-corrected chi connectivity index (χ3v) is 2.94. The number of rotatable bonds is 6. The topological polar surface area (TPSA) is 72.9 Å². The van der Waals surface area contributed by atoms with Crippen molar-refractivity contribution in [2.75, 3.05) is 7.05 Å². The van der Waals surface area contributed by atoms with Gasteiger partial charge in [-0.3, -0.25) is 4.79 Å². The molecule has 6 nitrogen and oxygen atoms in total. The maximum Gasteiger partial charge on any atom is 0.410 e. The molecule has 126 valence electrons. The smallest absolute Gasteiger partial charge is 0.410 e. The zero-order chi connectivity index (χ0) is 17.5. The molecule has 1 aromatic rings. The number of carbonyl (C=O) groups excluding carboxylic acids is 3. The highest BCUT2D eigenvalue weighted by atomic mass is 16.6. The fourth-order valence-electron chi connectivity index (χ4n) is 1.79. The summed E-state index contributed by atoms with van der Waals surface area (Å²) in [6.45, 7) is 5.30. The van der Waals surface area contributed by atoms with Crippen LogP contribution < -0.4 is 0 Å². The van der Waals surface area contributed by atoms with Crippen molar-refractivity contribution in [2.45, 2.75) is 45.4 Å². The van der Waals surface area contributed by atoms with Crippen molar-refractivity contribution in [3.8, 4) is 0 Å². The van der Waals surface area contributed by atoms with Gasteiger partial charge < -0.3 is 19.2 Å². The predicted octanol–water partition coefficient (Wildman–Crippen LogP) is 2.55. The highest BCUT2D eigenvalue weighted by Gasteiger charge is 2.26. The number of likely N-dealkylation sites (N-methyl/N-ethyl adjacent to an activating group) is 1. The number of amides is 1. The molecule has 0 N–H and O–H groups in total. The fourth-order valence-corrected chi connectivity index (χ4v) is 1.79. The monoisotopic (exact) mass is 321 g/mol. The SMILES string of the molecule is CN(C(=O)OCc1ccccc1)[C@H](C=O)CC(=O)OC(C)(C)C. The van der Waals surface area contributed by atoms with E-state index in [0.717, 1.165) is 10.5 Å². The Balaban J connectivity index is 2.54. The molecule has 0 aliphatic heterocycles. The summed E-state index contributed by atoms with van der Waals surface area (Å²) >= 11 is 0. The third-order valence-electron chi connectivity index (χ3n) is 2.94. The molecule has 0 spiro atoms. The number of esters is 1. The Morgan fingerprint density at radius 3 is 2.35 bits per heavy atom. The Kier molecular flexibility index (Phi) is 6.75. The minimum atomic E-state index is -0.923. The summed E-state index contributed by atoms with van der Waals surface area (Å²) in [5, 5.41) is 0. The molecule has 0 saturated carbocycles. The predicted molar refractivity (Wildman–Crippen MR) is 84.7 cm³/mol. The van der Waals surface area contributed by atoms with Crippen LogP contribution in [0.25, 0.3) is 0 Å². The molecular weight excluding hydrogens is 298 g/mol. The quantitative estimate of drug-likeness (QED) is 0.595. The largest absolute Gasteiger partial charge is 0.460 e. The fraction of sp³-hybridized carbons (Fsp3) is 0.471. The normalized spacial score (nSPS) is 12.2. The van der Waals surface area contributed by atoms with Crippen LogP contribution in [0.1, 0.15) is 32.8 Å². The maximum absolute atomic E-state index is 12.0. The average Bonchev–Trinajstić information content (AvgIpc) is 2.48. The molecule has 23 heavy (non-hydrogen) atoms. The standard InChI is InChI=1S/C17H23NO5/c1-17(2,3)23-15(20)10-14(11-19)18(4)16(21)22-12-13-8-6-5-7-9-13/h5-9,11,14H,10,12H2,1-4H3/t14-/m0/s1. The van der Waals surface area contributed by atoms with E-state index in [9.17, 15) is 14.4 Å². The van der Waals surface area contributed by atoms with E-state index >= 15 is 0 Å². The van der Waals surface area contributed by atoms with Crippen LogP contribution in [0.5, 0.6) is 0 Å². The van der Waals surface area contributed by atoms with Crippen molar-refractivity contribution in [1.29, 1.82) is 0 Å². The second-order valence-corrected chi connectivity index (χ2v) is 6.15. The first-order valence-corrected chi connectivity index (χ1v) is 7.33. The highest BCUT2D eigenvalue weighted by molar-refractivity contribution is 5.79. The van der Waals surface area contributed by atoms with Gasteiger partial charge in [-0.2, -0.15) is 0 Å². The van der Waals surface area contributed by atoms with Crippen molar-refractivity contribution in [1.82, 2.24) is 4.90 Å². The molecule has 0 saturated heterocycles. The molecule has 0 fully saturated rings. The van der Waals surface area contributed by atoms with E-state index < -0.39 is 23.7 Å². The van der Waals surface area contributed by atoms with E-state index in [-0.39, 0.29) is 13.0 Å². The molecule has 0 unspecified atom stereocenters. The Labute approximate surface area is 136 Å². The van der Waals surface area contributed by atoms with Gasteiger partial charge in [0.25, 0.3) is 0 Å². The van der Waals surface area contributed by atoms with Crippen LogP contribution in [0.2, 0.25) is 0 Å². The molecule has 0 bridgehead atoms. The summed E-state index contributed by atoms with van der Waals surface area (Å²) in [7, 11) is 1.41. The lowest BCUT2D eigenvalue weighted by Gasteiger charge is -2.25. The number of nitrogens with zero attached hydrogens (tertiary/aromatic N) is 1. The van der Waals surface area contributed by atoms with E-state index in [0.29, 0.717) is 6.29 Å². The molecule has 1 amide bonds. The summed E-state index contributed by atoms with van der Waals surface area (Å²) < 4.78 is 10.3. The number of aldehydes is 1. The maximum atomic E-state index is 12.0. The van der Waals surface area contributed by atoms with Gasteiger partial charge in [-0.1, -0.05) is 30.3 Å². The zero-order valence-electron chi connectivity index (χ0n) is 13.9. The highest BCUT2D eigenvalue weighted by Crippen LogP contribution is 2.11. The van der Waals surface area contributed by atoms with Gasteiger partial charge in [0.05, 0.1) is 6.42 Å². The second-order valence-electron chi connectivity index (χ2n) is 6.15. The molecule has 0 aliphatic carbocycles. The van der Waals surface area contributed by atoms with Crippen molar-refractivity contribution in [3.05, 3.63) is 35.9 Å². The molecule has 0 heterocycles. The summed E-state index contributed by atoms with van der Waals surface area (Å²) in [5.41, 5.74) is 0.195. The van der Waals surface area contributed by atoms with E-state index in [4.69, 9.17) is 9.47 Å². The molecule has 0 aromatic heterocycles. The minimum Gasteiger partial charge on any atom is -0.460 e. The van der Waals surface area contributed by atoms with E-state index in [1.54, 1.807) is 20.8 Å². The lowest BCUT2D eigenvalue weighted by atomic mass is 10.1. The molecule has 1 aromatic carbocycles. The Bertz CT molecular complexity index is 536. The Morgan fingerprint density at radius 1 is 1.22 bits per heavy atom. The van der Waals surface area contributed by atoms with Gasteiger partial charge in [-0.15, -0.1) is 0 Å². The van der Waals surface area contributed by atoms with Crippen LogP contribution in [-0.4, -0.2) is 41.9 Å². The van der Waals surface area contributed by atoms with Crippen LogP contribution in [-0.2, 0) is 25.7 Å². The number of hydrogen-bond acceptors (Lipinski definition) is 5. The first-order chi connectivity index (χ1) is 10.7. The van der Waals surface area contributed by atoms with E-state index in [1.165, 1.54) is 7.05 Å². The van der Waals surface area contributed by atoms with Gasteiger partial charge in [0.1, 0.15) is 24.5 Å². The van der Waals surface area contributed by atoms with E-state index in [1.807, 2.05) is 30.3 Å². The van der Waals surface area contributed by atoms with Crippen LogP contribution in [0, 0.1) is 0 Å². The summed E-state index contributed by atoms with van der Waals surface area (Å²) in [6, 6.07) is 8.26. The summed E-state index contributed by atoms with van der Waals surface area (Å²) in [4.78, 5) is 36.0. The van der Waals surface area contributed by atoms with Crippen molar-refractivity contribution in [3.63, 3.8) is 0 Å². The third kappa shape index (κ3) is 6.95. The molecular formula is C17H23NO5. The summed E-state index contributed by atoms with van der Waals surface area (Å²) in [5.74, 6) is -0.544. The van der Waals surface area contributed by atoms with Gasteiger partial charge in [-0.05, 0) is 26.3 Å². The molecule has 1 atom stereocenters. The number of benzene rings is 1. The lowest BCUT2D eigenvalue weighted by molar-refractivity contribution is -0.156. The van der Waals surface area contributed by atoms with Crippen LogP contribution in [0.15, 0.2) is 30.3 Å². The minimum absolute atomic E-state index is 0.0992. The molecule has 6 heteroatoms. The number of carbonyl (C=O) groups is 3. The average molecular weight is 321 g/mol. The van der Waals surface area contributed by atoms with Crippen LogP contribution in [0.3, 0.4) is 0 Å². The summed E-state index contributed by atoms with van der Waals surface area (Å²) in [6.07, 6.45) is -0.347. The van der Waals surface area contributed by atoms with Gasteiger partial charge >= 0.3 is 12.1 Å². The van der Waals surface area contributed by atoms with Crippen molar-refractivity contribution in [2.24, 2.45) is 0 Å². The molecule has 1 rings (SSSR count). The van der Waals surface area contributed by atoms with Gasteiger partial charge in [-0.25, -0.2) is 4.79 Å². The van der Waals surface area contributed by atoms with Crippen LogP contribution in [0.4, 0.5) is 4.79 Å². The second kappa shape index (κ2) is 8.31. The van der Waals surface area contributed by atoms with E-state index in [2.05, 4.69) is 0 Å². The van der Waals surface area contributed by atoms with Gasteiger partial charge in [0.2, 0.25) is 0 Å².